The Morgan fingerprint density at radius 1 is 1.00 bits per heavy atom. The van der Waals surface area contributed by atoms with E-state index in [0.29, 0.717) is 5.56 Å². The number of amides is 1. The zero-order valence-corrected chi connectivity index (χ0v) is 13.2. The van der Waals surface area contributed by atoms with Gasteiger partial charge in [0.15, 0.2) is 0 Å². The summed E-state index contributed by atoms with van der Waals surface area (Å²) in [7, 11) is -3.61. The average molecular weight is 334 g/mol. The van der Waals surface area contributed by atoms with Crippen molar-refractivity contribution in [3.63, 3.8) is 0 Å². The van der Waals surface area contributed by atoms with E-state index in [-0.39, 0.29) is 25.5 Å². The van der Waals surface area contributed by atoms with Gasteiger partial charge in [0.25, 0.3) is 16.1 Å². The molecule has 8 heteroatoms. The van der Waals surface area contributed by atoms with Crippen LogP contribution in [-0.2, 0) is 16.8 Å². The summed E-state index contributed by atoms with van der Waals surface area (Å²) >= 11 is 0. The minimum atomic E-state index is -3.61. The molecule has 1 aromatic carbocycles. The van der Waals surface area contributed by atoms with Gasteiger partial charge >= 0.3 is 0 Å². The third-order valence-corrected chi connectivity index (χ3v) is 4.04. The second kappa shape index (κ2) is 8.37. The summed E-state index contributed by atoms with van der Waals surface area (Å²) in [6.45, 7) is 0.480. The maximum absolute atomic E-state index is 11.8. The summed E-state index contributed by atoms with van der Waals surface area (Å²) in [4.78, 5) is 15.6. The minimum absolute atomic E-state index is 0.0934. The highest BCUT2D eigenvalue weighted by molar-refractivity contribution is 7.87. The molecule has 122 valence electrons. The van der Waals surface area contributed by atoms with Gasteiger partial charge in [-0.2, -0.15) is 13.1 Å². The van der Waals surface area contributed by atoms with Gasteiger partial charge in [-0.3, -0.25) is 9.78 Å². The molecule has 0 saturated carbocycles. The first kappa shape index (κ1) is 17.1. The molecule has 2 rings (SSSR count). The van der Waals surface area contributed by atoms with Crippen LogP contribution in [-0.4, -0.2) is 32.4 Å². The summed E-state index contributed by atoms with van der Waals surface area (Å²) in [5, 5.41) is 2.61. The number of nitrogens with one attached hydrogen (secondary N) is 3. The highest BCUT2D eigenvalue weighted by Gasteiger charge is 2.09. The average Bonchev–Trinajstić information content (AvgIpc) is 2.58. The molecule has 7 nitrogen and oxygen atoms in total. The van der Waals surface area contributed by atoms with Gasteiger partial charge < -0.3 is 5.32 Å². The van der Waals surface area contributed by atoms with E-state index >= 15 is 0 Å². The number of benzene rings is 1. The van der Waals surface area contributed by atoms with Gasteiger partial charge in [-0.25, -0.2) is 4.72 Å². The van der Waals surface area contributed by atoms with Crippen LogP contribution >= 0.6 is 0 Å². The van der Waals surface area contributed by atoms with Crippen molar-refractivity contribution in [3.8, 4) is 0 Å². The predicted molar refractivity (Wildman–Crippen MR) is 86.8 cm³/mol. The highest BCUT2D eigenvalue weighted by atomic mass is 32.2. The number of aromatic nitrogens is 1. The Bertz CT molecular complexity index is 721. The molecule has 0 spiro atoms. The molecule has 1 amide bonds. The van der Waals surface area contributed by atoms with Crippen LogP contribution in [0.1, 0.15) is 15.9 Å². The van der Waals surface area contributed by atoms with Crippen molar-refractivity contribution < 1.29 is 13.2 Å². The second-order valence-corrected chi connectivity index (χ2v) is 6.29. The van der Waals surface area contributed by atoms with Gasteiger partial charge in [0, 0.05) is 32.0 Å². The van der Waals surface area contributed by atoms with Crippen molar-refractivity contribution in [1.82, 2.24) is 19.7 Å². The molecule has 0 radical (unpaired) electrons. The zero-order valence-electron chi connectivity index (χ0n) is 12.4. The Kier molecular flexibility index (Phi) is 6.21. The van der Waals surface area contributed by atoms with Crippen LogP contribution in [0.2, 0.25) is 0 Å². The van der Waals surface area contributed by atoms with Crippen LogP contribution in [0.5, 0.6) is 0 Å². The maximum Gasteiger partial charge on any atom is 0.277 e. The lowest BCUT2D eigenvalue weighted by Crippen LogP contribution is -2.40. The van der Waals surface area contributed by atoms with Crippen molar-refractivity contribution in [3.05, 3.63) is 66.0 Å². The summed E-state index contributed by atoms with van der Waals surface area (Å²) in [5.74, 6) is -0.297. The van der Waals surface area contributed by atoms with Crippen LogP contribution in [0.4, 0.5) is 0 Å². The number of carbonyl (C=O) groups is 1. The Morgan fingerprint density at radius 2 is 1.78 bits per heavy atom. The Balaban J connectivity index is 1.69. The van der Waals surface area contributed by atoms with Crippen LogP contribution < -0.4 is 14.8 Å². The SMILES string of the molecule is O=C(NCCNS(=O)(=O)NCc1ccccc1)c1cccnc1. The molecular weight excluding hydrogens is 316 g/mol. The first-order valence-electron chi connectivity index (χ1n) is 7.03. The van der Waals surface area contributed by atoms with Crippen molar-refractivity contribution in [1.29, 1.82) is 0 Å². The van der Waals surface area contributed by atoms with Crippen LogP contribution in [0.25, 0.3) is 0 Å². The molecule has 0 fully saturated rings. The third kappa shape index (κ3) is 6.15. The maximum atomic E-state index is 11.8. The first-order chi connectivity index (χ1) is 11.1. The monoisotopic (exact) mass is 334 g/mol. The van der Waals surface area contributed by atoms with E-state index < -0.39 is 10.2 Å². The van der Waals surface area contributed by atoms with E-state index in [9.17, 15) is 13.2 Å². The van der Waals surface area contributed by atoms with Gasteiger partial charge in [-0.05, 0) is 17.7 Å². The highest BCUT2D eigenvalue weighted by Crippen LogP contribution is 1.98. The Hall–Kier alpha value is -2.29. The molecule has 0 aliphatic heterocycles. The lowest BCUT2D eigenvalue weighted by molar-refractivity contribution is 0.0954. The van der Waals surface area contributed by atoms with Gasteiger partial charge in [0.05, 0.1) is 5.56 Å². The molecule has 0 bridgehead atoms. The van der Waals surface area contributed by atoms with E-state index in [4.69, 9.17) is 0 Å². The quantitative estimate of drug-likeness (QED) is 0.610. The molecule has 1 aromatic heterocycles. The Morgan fingerprint density at radius 3 is 2.48 bits per heavy atom. The molecule has 0 aliphatic carbocycles. The van der Waals surface area contributed by atoms with E-state index in [1.54, 1.807) is 18.3 Å². The number of nitrogens with zero attached hydrogens (tertiary/aromatic N) is 1. The molecule has 0 atom stereocenters. The van der Waals surface area contributed by atoms with Gasteiger partial charge in [-0.15, -0.1) is 0 Å². The second-order valence-electron chi connectivity index (χ2n) is 4.70. The van der Waals surface area contributed by atoms with E-state index in [1.165, 1.54) is 6.20 Å². The van der Waals surface area contributed by atoms with Crippen molar-refractivity contribution in [2.45, 2.75) is 6.54 Å². The fourth-order valence-corrected chi connectivity index (χ4v) is 2.62. The molecule has 0 saturated heterocycles. The summed E-state index contributed by atoms with van der Waals surface area (Å²) in [6, 6.07) is 12.5. The fourth-order valence-electron chi connectivity index (χ4n) is 1.79. The molecule has 3 N–H and O–H groups in total. The van der Waals surface area contributed by atoms with Crippen LogP contribution in [0, 0.1) is 0 Å². The summed E-state index contributed by atoms with van der Waals surface area (Å²) in [6.07, 6.45) is 3.02. The number of pyridine rings is 1. The van der Waals surface area contributed by atoms with Crippen molar-refractivity contribution in [2.24, 2.45) is 0 Å². The molecule has 23 heavy (non-hydrogen) atoms. The third-order valence-electron chi connectivity index (χ3n) is 2.94. The van der Waals surface area contributed by atoms with Crippen LogP contribution in [0.3, 0.4) is 0 Å². The number of carbonyl (C=O) groups excluding carboxylic acids is 1. The largest absolute Gasteiger partial charge is 0.351 e. The van der Waals surface area contributed by atoms with E-state index in [0.717, 1.165) is 5.56 Å². The zero-order chi connectivity index (χ0) is 16.5. The molecule has 1 heterocycles. The van der Waals surface area contributed by atoms with Gasteiger partial charge in [-0.1, -0.05) is 30.3 Å². The topological polar surface area (TPSA) is 100 Å². The lowest BCUT2D eigenvalue weighted by Gasteiger charge is -2.09. The number of rotatable bonds is 8. The predicted octanol–water partition coefficient (Wildman–Crippen LogP) is 0.436. The lowest BCUT2D eigenvalue weighted by atomic mass is 10.2. The summed E-state index contributed by atoms with van der Waals surface area (Å²) in [5.41, 5.74) is 1.29. The minimum Gasteiger partial charge on any atom is -0.351 e. The first-order valence-corrected chi connectivity index (χ1v) is 8.51. The molecular formula is C15H18N4O3S. The normalized spacial score (nSPS) is 11.1. The van der Waals surface area contributed by atoms with E-state index in [2.05, 4.69) is 19.7 Å². The molecule has 0 unspecified atom stereocenters. The number of hydrogen-bond acceptors (Lipinski definition) is 4. The fraction of sp³-hybridized carbons (Fsp3) is 0.200. The van der Waals surface area contributed by atoms with Crippen molar-refractivity contribution >= 4 is 16.1 Å². The van der Waals surface area contributed by atoms with Crippen molar-refractivity contribution in [2.75, 3.05) is 13.1 Å². The summed E-state index contributed by atoms with van der Waals surface area (Å²) < 4.78 is 28.3. The Labute approximate surface area is 135 Å². The smallest absolute Gasteiger partial charge is 0.277 e. The van der Waals surface area contributed by atoms with E-state index in [1.807, 2.05) is 30.3 Å². The standard InChI is InChI=1S/C15H18N4O3S/c20-15(14-7-4-8-16-12-14)17-9-10-18-23(21,22)19-11-13-5-2-1-3-6-13/h1-8,12,18-19H,9-11H2,(H,17,20). The molecule has 0 aliphatic rings. The van der Waals surface area contributed by atoms with Crippen LogP contribution in [0.15, 0.2) is 54.9 Å². The van der Waals surface area contributed by atoms with Gasteiger partial charge in [0.2, 0.25) is 0 Å². The molecule has 2 aromatic rings. The number of hydrogen-bond donors (Lipinski definition) is 3. The van der Waals surface area contributed by atoms with Gasteiger partial charge in [0.1, 0.15) is 0 Å².